The van der Waals surface area contributed by atoms with E-state index in [9.17, 15) is 4.79 Å². The molecule has 0 unspecified atom stereocenters. The van der Waals surface area contributed by atoms with Crippen molar-refractivity contribution in [2.24, 2.45) is 0 Å². The number of carbonyl (C=O) groups excluding carboxylic acids is 1. The summed E-state index contributed by atoms with van der Waals surface area (Å²) in [6.07, 6.45) is -0.841. The minimum absolute atomic E-state index is 0.0493. The molecule has 17 nitrogen and oxygen atoms in total. The number of alkyl carbamates (subject to hydrolysis) is 1. The van der Waals surface area contributed by atoms with Crippen molar-refractivity contribution in [1.82, 2.24) is 34.8 Å². The van der Waals surface area contributed by atoms with Crippen molar-refractivity contribution in [1.29, 1.82) is 0 Å². The third-order valence-corrected chi connectivity index (χ3v) is 15.5. The molecule has 0 radical (unpaired) electrons. The normalized spacial score (nSPS) is 12.5. The number of nitrogens with one attached hydrogen (secondary N) is 1. The van der Waals surface area contributed by atoms with Gasteiger partial charge in [0.15, 0.2) is 20.8 Å². The molecule has 7 aromatic rings. The highest BCUT2D eigenvalue weighted by molar-refractivity contribution is 7.94. The van der Waals surface area contributed by atoms with E-state index in [1.165, 1.54) is 53.6 Å². The Balaban J connectivity index is 1.52. The number of hydrogen-bond acceptors (Lipinski definition) is 15. The number of amides is 1. The molecule has 1 amide bonds. The topological polar surface area (TPSA) is 220 Å². The van der Waals surface area contributed by atoms with Gasteiger partial charge in [-0.1, -0.05) is 65.9 Å². The first-order valence-electron chi connectivity index (χ1n) is 20.6. The van der Waals surface area contributed by atoms with Crippen molar-refractivity contribution >= 4 is 52.6 Å². The fraction of sp³-hybridized carbons (Fsp3) is 0.283. The van der Waals surface area contributed by atoms with Gasteiger partial charge in [-0.25, -0.2) is 31.3 Å². The van der Waals surface area contributed by atoms with Gasteiger partial charge >= 0.3 is 6.09 Å². The lowest BCUT2D eigenvalue weighted by Gasteiger charge is -2.27. The molecule has 0 aliphatic heterocycles. The summed E-state index contributed by atoms with van der Waals surface area (Å²) in [7, 11) is -5.00. The lowest BCUT2D eigenvalue weighted by atomic mass is 9.98. The van der Waals surface area contributed by atoms with Crippen LogP contribution in [0.5, 0.6) is 17.2 Å². The van der Waals surface area contributed by atoms with Gasteiger partial charge in [0.25, 0.3) is 0 Å². The maximum atomic E-state index is 16.2. The molecule has 0 bridgehead atoms. The Morgan fingerprint density at radius 3 is 1.89 bits per heavy atom. The quantitative estimate of drug-likeness (QED) is 0.0912. The molecule has 346 valence electrons. The van der Waals surface area contributed by atoms with Crippen LogP contribution >= 0.6 is 11.3 Å². The molecular formula is C46H50N8O9S3. The minimum atomic E-state index is -4.95. The number of fused-ring (bicyclic) bond motifs is 1. The number of sulfonamides is 1. The Morgan fingerprint density at radius 2 is 1.35 bits per heavy atom. The van der Waals surface area contributed by atoms with Crippen molar-refractivity contribution in [2.75, 3.05) is 33.6 Å². The summed E-state index contributed by atoms with van der Waals surface area (Å²) in [4.78, 5) is 16.3. The van der Waals surface area contributed by atoms with Gasteiger partial charge in [0.2, 0.25) is 10.0 Å². The van der Waals surface area contributed by atoms with Crippen LogP contribution in [0.1, 0.15) is 44.4 Å². The highest BCUT2D eigenvalue weighted by Crippen LogP contribution is 2.45. The Bertz CT molecular complexity index is 3010. The van der Waals surface area contributed by atoms with Gasteiger partial charge in [-0.3, -0.25) is 0 Å². The molecular weight excluding hydrogens is 905 g/mol. The molecule has 20 heteroatoms. The standard InChI is InChI=1S/C46H50N8O9S3/c1-29(25-48-45(55)63-46(2,3)4)65(56,57)39-24-23-36(37-9-8-10-38-41(37)49-44(47)64-38)40(43-50-51-52-54(43)28-32-15-21-35(62-7)22-16-32)42(39)66(58,59)53(26-30-11-17-33(60-5)18-12-30)27-31-13-19-34(61-6)20-14-31/h8-24,29H,25-28H2,1-7H3,(H2,47,49)(H,48,55)/t29-/m1/s1. The molecule has 1 atom stereocenters. The fourth-order valence-electron chi connectivity index (χ4n) is 7.16. The van der Waals surface area contributed by atoms with Crippen LogP contribution in [0.4, 0.5) is 9.93 Å². The van der Waals surface area contributed by atoms with E-state index in [4.69, 9.17) is 24.7 Å². The highest BCUT2D eigenvalue weighted by atomic mass is 32.2. The first kappa shape index (κ1) is 47.4. The maximum Gasteiger partial charge on any atom is 0.407 e. The van der Waals surface area contributed by atoms with Crippen LogP contribution in [0.15, 0.2) is 113 Å². The van der Waals surface area contributed by atoms with Crippen LogP contribution in [-0.4, -0.2) is 91.2 Å². The Kier molecular flexibility index (Phi) is 14.0. The zero-order valence-corrected chi connectivity index (χ0v) is 39.8. The number of anilines is 1. The van der Waals surface area contributed by atoms with Crippen molar-refractivity contribution in [3.63, 3.8) is 0 Å². The van der Waals surface area contributed by atoms with Crippen molar-refractivity contribution < 1.29 is 40.6 Å². The van der Waals surface area contributed by atoms with Gasteiger partial charge in [-0.05, 0) is 109 Å². The molecule has 5 aromatic carbocycles. The number of ether oxygens (including phenoxy) is 4. The summed E-state index contributed by atoms with van der Waals surface area (Å²) in [6, 6.07) is 29.1. The average Bonchev–Trinajstić information content (AvgIpc) is 3.92. The monoisotopic (exact) mass is 954 g/mol. The van der Waals surface area contributed by atoms with Gasteiger partial charge in [0, 0.05) is 25.2 Å². The van der Waals surface area contributed by atoms with Crippen LogP contribution in [-0.2, 0) is 44.2 Å². The van der Waals surface area contributed by atoms with E-state index in [2.05, 4.69) is 25.8 Å². The molecule has 0 fully saturated rings. The predicted octanol–water partition coefficient (Wildman–Crippen LogP) is 7.35. The van der Waals surface area contributed by atoms with Gasteiger partial charge in [-0.15, -0.1) is 5.10 Å². The maximum absolute atomic E-state index is 16.2. The van der Waals surface area contributed by atoms with E-state index in [0.717, 1.165) is 5.56 Å². The number of rotatable bonds is 17. The smallest absolute Gasteiger partial charge is 0.407 e. The number of nitrogens with zero attached hydrogens (tertiary/aromatic N) is 6. The minimum Gasteiger partial charge on any atom is -0.497 e. The number of thiazole rings is 1. The molecule has 2 heterocycles. The Labute approximate surface area is 387 Å². The van der Waals surface area contributed by atoms with Crippen molar-refractivity contribution in [3.8, 4) is 39.8 Å². The van der Waals surface area contributed by atoms with Crippen LogP contribution in [0.2, 0.25) is 0 Å². The number of para-hydroxylation sites is 1. The van der Waals surface area contributed by atoms with Crippen molar-refractivity contribution in [2.45, 2.75) is 68.0 Å². The zero-order valence-electron chi connectivity index (χ0n) is 37.4. The summed E-state index contributed by atoms with van der Waals surface area (Å²) >= 11 is 1.24. The second-order valence-corrected chi connectivity index (χ2v) is 21.5. The number of hydrogen-bond donors (Lipinski definition) is 2. The molecule has 0 spiro atoms. The van der Waals surface area contributed by atoms with Crippen LogP contribution in [0.3, 0.4) is 0 Å². The lowest BCUT2D eigenvalue weighted by molar-refractivity contribution is 0.0528. The molecule has 0 aliphatic rings. The molecule has 2 aromatic heterocycles. The van der Waals surface area contributed by atoms with Gasteiger partial charge in [0.05, 0.1) is 53.8 Å². The van der Waals surface area contributed by atoms with E-state index >= 15 is 16.8 Å². The third-order valence-electron chi connectivity index (χ3n) is 10.5. The number of aromatic nitrogens is 5. The highest BCUT2D eigenvalue weighted by Gasteiger charge is 2.40. The van der Waals surface area contributed by atoms with E-state index in [1.807, 2.05) is 18.2 Å². The molecule has 0 saturated carbocycles. The molecule has 66 heavy (non-hydrogen) atoms. The summed E-state index contributed by atoms with van der Waals surface area (Å²) < 4.78 is 87.7. The largest absolute Gasteiger partial charge is 0.497 e. The number of sulfone groups is 1. The number of methoxy groups -OCH3 is 3. The third kappa shape index (κ3) is 10.4. The summed E-state index contributed by atoms with van der Waals surface area (Å²) in [5.74, 6) is 1.68. The summed E-state index contributed by atoms with van der Waals surface area (Å²) in [6.45, 7) is 5.65. The van der Waals surface area contributed by atoms with Crippen LogP contribution < -0.4 is 25.3 Å². The van der Waals surface area contributed by atoms with Crippen LogP contribution in [0.25, 0.3) is 32.7 Å². The van der Waals surface area contributed by atoms with Crippen molar-refractivity contribution in [3.05, 3.63) is 120 Å². The van der Waals surface area contributed by atoms with Crippen LogP contribution in [0, 0.1) is 0 Å². The van der Waals surface area contributed by atoms with E-state index in [1.54, 1.807) is 101 Å². The number of benzene rings is 5. The molecule has 7 rings (SSSR count). The van der Waals surface area contributed by atoms with E-state index in [-0.39, 0.29) is 41.7 Å². The second-order valence-electron chi connectivity index (χ2n) is 16.2. The SMILES string of the molecule is COc1ccc(CN(Cc2ccc(OC)cc2)S(=O)(=O)c2c(S(=O)(=O)[C@H](C)CNC(=O)OC(C)(C)C)ccc(-c3cccc4sc(N)nc34)c2-c2nnnn2Cc2ccc(OC)cc2)cc1. The number of nitrogens with two attached hydrogens (primary N) is 1. The Hall–Kier alpha value is -6.61. The van der Waals surface area contributed by atoms with Gasteiger partial charge in [-0.2, -0.15) is 4.31 Å². The molecule has 0 aliphatic carbocycles. The zero-order chi connectivity index (χ0) is 47.4. The number of carbonyl (C=O) groups is 1. The fourth-order valence-corrected chi connectivity index (χ4v) is 11.6. The first-order chi connectivity index (χ1) is 31.4. The Morgan fingerprint density at radius 1 is 0.788 bits per heavy atom. The number of tetrazole rings is 1. The summed E-state index contributed by atoms with van der Waals surface area (Å²) in [5.41, 5.74) is 8.35. The molecule has 3 N–H and O–H groups in total. The van der Waals surface area contributed by atoms with Gasteiger partial charge in [0.1, 0.15) is 27.7 Å². The van der Waals surface area contributed by atoms with E-state index in [0.29, 0.717) is 44.2 Å². The first-order valence-corrected chi connectivity index (χ1v) is 24.4. The summed E-state index contributed by atoms with van der Waals surface area (Å²) in [5, 5.41) is 14.2. The number of nitrogen functional groups attached to an aromatic ring is 1. The predicted molar refractivity (Wildman–Crippen MR) is 252 cm³/mol. The lowest BCUT2D eigenvalue weighted by Crippen LogP contribution is -2.39. The average molecular weight is 955 g/mol. The second kappa shape index (κ2) is 19.5. The van der Waals surface area contributed by atoms with E-state index < -0.39 is 53.1 Å². The molecule has 0 saturated heterocycles. The van der Waals surface area contributed by atoms with Gasteiger partial charge < -0.3 is 30.0 Å².